The summed E-state index contributed by atoms with van der Waals surface area (Å²) >= 11 is 0. The predicted molar refractivity (Wildman–Crippen MR) is 119 cm³/mol. The molecule has 0 aliphatic rings. The molecule has 30 heavy (non-hydrogen) atoms. The maximum atomic E-state index is 12.3. The SMILES string of the molecule is CC(C)=CCCC(C)=CCc1c(O)ccc(C=CC(=O)c2ccc(O)c(O)c2)c1O. The monoisotopic (exact) mass is 408 g/mol. The fourth-order valence-electron chi connectivity index (χ4n) is 2.88. The van der Waals surface area contributed by atoms with E-state index < -0.39 is 5.78 Å². The maximum Gasteiger partial charge on any atom is 0.185 e. The minimum absolute atomic E-state index is 0.00668. The Morgan fingerprint density at radius 1 is 0.900 bits per heavy atom. The molecule has 0 aromatic heterocycles. The number of aromatic hydroxyl groups is 4. The van der Waals surface area contributed by atoms with Crippen molar-refractivity contribution < 1.29 is 25.2 Å². The zero-order chi connectivity index (χ0) is 22.3. The van der Waals surface area contributed by atoms with Crippen molar-refractivity contribution >= 4 is 11.9 Å². The van der Waals surface area contributed by atoms with Gasteiger partial charge in [0.1, 0.15) is 11.5 Å². The average Bonchev–Trinajstić information content (AvgIpc) is 2.68. The third-order valence-electron chi connectivity index (χ3n) is 4.71. The molecule has 0 aliphatic heterocycles. The molecular formula is C25H28O5. The van der Waals surface area contributed by atoms with E-state index in [4.69, 9.17) is 0 Å². The van der Waals surface area contributed by atoms with E-state index in [0.29, 0.717) is 17.5 Å². The standard InChI is InChI=1S/C25H28O5/c1-16(2)5-4-6-17(3)7-11-20-22(27)13-9-18(25(20)30)8-12-21(26)19-10-14-23(28)24(29)15-19/h5,7-10,12-15,27-30H,4,6,11H2,1-3H3. The molecule has 2 aromatic carbocycles. The smallest absolute Gasteiger partial charge is 0.185 e. The Labute approximate surface area is 177 Å². The normalized spacial score (nSPS) is 11.6. The molecule has 0 saturated heterocycles. The topological polar surface area (TPSA) is 98.0 Å². The van der Waals surface area contributed by atoms with Gasteiger partial charge < -0.3 is 20.4 Å². The molecule has 0 bridgehead atoms. The highest BCUT2D eigenvalue weighted by molar-refractivity contribution is 6.07. The predicted octanol–water partition coefficient (Wildman–Crippen LogP) is 5.64. The largest absolute Gasteiger partial charge is 0.508 e. The third kappa shape index (κ3) is 6.27. The molecular weight excluding hydrogens is 380 g/mol. The lowest BCUT2D eigenvalue weighted by Crippen LogP contribution is -1.94. The highest BCUT2D eigenvalue weighted by Crippen LogP contribution is 2.33. The van der Waals surface area contributed by atoms with Crippen LogP contribution in [-0.4, -0.2) is 26.2 Å². The molecule has 5 heteroatoms. The summed E-state index contributed by atoms with van der Waals surface area (Å²) in [7, 11) is 0. The molecule has 0 fully saturated rings. The number of phenols is 4. The van der Waals surface area contributed by atoms with Crippen LogP contribution in [0.1, 0.15) is 55.1 Å². The maximum absolute atomic E-state index is 12.3. The van der Waals surface area contributed by atoms with Gasteiger partial charge in [-0.2, -0.15) is 0 Å². The van der Waals surface area contributed by atoms with E-state index in [0.717, 1.165) is 18.4 Å². The fraction of sp³-hybridized carbons (Fsp3) is 0.240. The van der Waals surface area contributed by atoms with E-state index in [1.807, 2.05) is 13.0 Å². The van der Waals surface area contributed by atoms with Gasteiger partial charge in [0, 0.05) is 16.7 Å². The van der Waals surface area contributed by atoms with Gasteiger partial charge in [0.25, 0.3) is 0 Å². The van der Waals surface area contributed by atoms with Crippen LogP contribution < -0.4 is 0 Å². The van der Waals surface area contributed by atoms with Crippen molar-refractivity contribution in [3.8, 4) is 23.0 Å². The quantitative estimate of drug-likeness (QED) is 0.196. The number of carbonyl (C=O) groups excluding carboxylic acids is 1. The van der Waals surface area contributed by atoms with Crippen LogP contribution in [0.25, 0.3) is 6.08 Å². The summed E-state index contributed by atoms with van der Waals surface area (Å²) in [6, 6.07) is 6.81. The molecule has 158 valence electrons. The first-order chi connectivity index (χ1) is 14.2. The van der Waals surface area contributed by atoms with Crippen LogP contribution in [0.4, 0.5) is 0 Å². The molecule has 0 atom stereocenters. The molecule has 4 N–H and O–H groups in total. The van der Waals surface area contributed by atoms with Crippen LogP contribution in [0.15, 0.2) is 59.7 Å². The fourth-order valence-corrected chi connectivity index (χ4v) is 2.88. The van der Waals surface area contributed by atoms with Gasteiger partial charge in [-0.15, -0.1) is 0 Å². The van der Waals surface area contributed by atoms with Crippen molar-refractivity contribution in [1.29, 1.82) is 0 Å². The molecule has 0 amide bonds. The molecule has 0 spiro atoms. The van der Waals surface area contributed by atoms with E-state index in [1.165, 1.54) is 48.1 Å². The first-order valence-corrected chi connectivity index (χ1v) is 9.76. The second-order valence-electron chi connectivity index (χ2n) is 7.48. The summed E-state index contributed by atoms with van der Waals surface area (Å²) in [6.45, 7) is 6.13. The minimum Gasteiger partial charge on any atom is -0.508 e. The Morgan fingerprint density at radius 3 is 2.27 bits per heavy atom. The third-order valence-corrected chi connectivity index (χ3v) is 4.71. The lowest BCUT2D eigenvalue weighted by atomic mass is 10.0. The van der Waals surface area contributed by atoms with Gasteiger partial charge >= 0.3 is 0 Å². The number of phenolic OH excluding ortho intramolecular Hbond substituents is 4. The first-order valence-electron chi connectivity index (χ1n) is 9.76. The number of carbonyl (C=O) groups is 1. The van der Waals surface area contributed by atoms with Gasteiger partial charge in [-0.3, -0.25) is 4.79 Å². The van der Waals surface area contributed by atoms with Crippen molar-refractivity contribution in [2.45, 2.75) is 40.0 Å². The van der Waals surface area contributed by atoms with E-state index in [9.17, 15) is 25.2 Å². The Hall–Kier alpha value is -3.47. The molecule has 2 rings (SSSR count). The summed E-state index contributed by atoms with van der Waals surface area (Å²) in [6.07, 6.45) is 9.09. The average molecular weight is 408 g/mol. The van der Waals surface area contributed by atoms with Crippen LogP contribution in [-0.2, 0) is 6.42 Å². The summed E-state index contributed by atoms with van der Waals surface area (Å²) in [5, 5.41) is 39.6. The number of rotatable bonds is 8. The summed E-state index contributed by atoms with van der Waals surface area (Å²) in [4.78, 5) is 12.3. The van der Waals surface area contributed by atoms with Gasteiger partial charge in [0.05, 0.1) is 0 Å². The summed E-state index contributed by atoms with van der Waals surface area (Å²) < 4.78 is 0. The Morgan fingerprint density at radius 2 is 1.60 bits per heavy atom. The second kappa shape index (κ2) is 10.3. The Balaban J connectivity index is 2.16. The van der Waals surface area contributed by atoms with Gasteiger partial charge in [-0.25, -0.2) is 0 Å². The van der Waals surface area contributed by atoms with Crippen LogP contribution >= 0.6 is 0 Å². The number of hydrogen-bond acceptors (Lipinski definition) is 5. The highest BCUT2D eigenvalue weighted by atomic mass is 16.3. The number of allylic oxidation sites excluding steroid dienone is 5. The number of hydrogen-bond donors (Lipinski definition) is 4. The second-order valence-corrected chi connectivity index (χ2v) is 7.48. The molecule has 5 nitrogen and oxygen atoms in total. The van der Waals surface area contributed by atoms with Crippen molar-refractivity contribution in [2.24, 2.45) is 0 Å². The van der Waals surface area contributed by atoms with E-state index in [1.54, 1.807) is 0 Å². The lowest BCUT2D eigenvalue weighted by molar-refractivity contribution is 0.104. The molecule has 2 aromatic rings. The molecule has 0 radical (unpaired) electrons. The van der Waals surface area contributed by atoms with Gasteiger partial charge in [-0.1, -0.05) is 23.3 Å². The number of benzene rings is 2. The highest BCUT2D eigenvalue weighted by Gasteiger charge is 2.11. The zero-order valence-electron chi connectivity index (χ0n) is 17.5. The van der Waals surface area contributed by atoms with Crippen LogP contribution in [0, 0.1) is 0 Å². The minimum atomic E-state index is -0.394. The first kappa shape index (κ1) is 22.8. The van der Waals surface area contributed by atoms with Crippen LogP contribution in [0.3, 0.4) is 0 Å². The van der Waals surface area contributed by atoms with Gasteiger partial charge in [-0.05, 0) is 82.5 Å². The lowest BCUT2D eigenvalue weighted by Gasteiger charge is -2.09. The summed E-state index contributed by atoms with van der Waals surface area (Å²) in [5.74, 6) is -1.17. The number of ketones is 1. The van der Waals surface area contributed by atoms with Crippen LogP contribution in [0.2, 0.25) is 0 Å². The molecule has 0 aliphatic carbocycles. The summed E-state index contributed by atoms with van der Waals surface area (Å²) in [5.41, 5.74) is 3.43. The van der Waals surface area contributed by atoms with E-state index >= 15 is 0 Å². The van der Waals surface area contributed by atoms with Crippen molar-refractivity contribution in [3.05, 3.63) is 76.4 Å². The van der Waals surface area contributed by atoms with Gasteiger partial charge in [0.2, 0.25) is 0 Å². The van der Waals surface area contributed by atoms with Gasteiger partial charge in [0.15, 0.2) is 17.3 Å². The Bertz CT molecular complexity index is 1010. The van der Waals surface area contributed by atoms with Crippen molar-refractivity contribution in [3.63, 3.8) is 0 Å². The molecule has 0 saturated carbocycles. The molecule has 0 heterocycles. The van der Waals surface area contributed by atoms with E-state index in [2.05, 4.69) is 19.9 Å². The molecule has 0 unspecified atom stereocenters. The van der Waals surface area contributed by atoms with E-state index in [-0.39, 0.29) is 28.6 Å². The zero-order valence-corrected chi connectivity index (χ0v) is 17.5. The van der Waals surface area contributed by atoms with Crippen molar-refractivity contribution in [2.75, 3.05) is 0 Å². The Kier molecular flexibility index (Phi) is 7.87. The van der Waals surface area contributed by atoms with Crippen molar-refractivity contribution in [1.82, 2.24) is 0 Å². The van der Waals surface area contributed by atoms with Crippen LogP contribution in [0.5, 0.6) is 23.0 Å².